The van der Waals surface area contributed by atoms with Gasteiger partial charge in [-0.1, -0.05) is 30.7 Å². The average Bonchev–Trinajstić information content (AvgIpc) is 2.78. The zero-order valence-electron chi connectivity index (χ0n) is 10.1. The second-order valence-electron chi connectivity index (χ2n) is 4.12. The Morgan fingerprint density at radius 2 is 2.06 bits per heavy atom. The Kier molecular flexibility index (Phi) is 5.25. The first-order valence-corrected chi connectivity index (χ1v) is 7.96. The van der Waals surface area contributed by atoms with E-state index in [0.29, 0.717) is 6.04 Å². The molecule has 1 unspecified atom stereocenters. The van der Waals surface area contributed by atoms with Crippen LogP contribution >= 0.6 is 38.9 Å². The molecule has 0 saturated heterocycles. The van der Waals surface area contributed by atoms with Gasteiger partial charge < -0.3 is 5.32 Å². The molecule has 18 heavy (non-hydrogen) atoms. The molecule has 1 N–H and O–H groups in total. The zero-order valence-corrected chi connectivity index (χ0v) is 13.3. The van der Waals surface area contributed by atoms with Crippen molar-refractivity contribution in [2.24, 2.45) is 0 Å². The molecule has 96 valence electrons. The third-order valence-electron chi connectivity index (χ3n) is 2.83. The van der Waals surface area contributed by atoms with Crippen molar-refractivity contribution in [1.82, 2.24) is 5.32 Å². The number of rotatable bonds is 5. The molecule has 0 bridgehead atoms. The fourth-order valence-corrected chi connectivity index (χ4v) is 3.39. The molecule has 2 rings (SSSR count). The lowest BCUT2D eigenvalue weighted by atomic mass is 10.0. The topological polar surface area (TPSA) is 12.0 Å². The molecule has 1 atom stereocenters. The van der Waals surface area contributed by atoms with Gasteiger partial charge in [0.2, 0.25) is 0 Å². The standard InChI is InChI=1S/C14H15BrClNS/c1-2-14(10-3-5-12(16)6-4-10)17-8-13-7-11(15)9-18-13/h3-7,9,14,17H,2,8H2,1H3. The van der Waals surface area contributed by atoms with E-state index < -0.39 is 0 Å². The van der Waals surface area contributed by atoms with Crippen LogP contribution in [0.25, 0.3) is 0 Å². The van der Waals surface area contributed by atoms with E-state index >= 15 is 0 Å². The Hall–Kier alpha value is -0.350. The van der Waals surface area contributed by atoms with Gasteiger partial charge >= 0.3 is 0 Å². The van der Waals surface area contributed by atoms with Crippen molar-refractivity contribution in [3.8, 4) is 0 Å². The maximum atomic E-state index is 5.91. The van der Waals surface area contributed by atoms with Gasteiger partial charge in [0.05, 0.1) is 0 Å². The van der Waals surface area contributed by atoms with Crippen LogP contribution in [0.15, 0.2) is 40.2 Å². The third kappa shape index (κ3) is 3.82. The van der Waals surface area contributed by atoms with Crippen LogP contribution in [-0.4, -0.2) is 0 Å². The molecule has 0 amide bonds. The fourth-order valence-electron chi connectivity index (χ4n) is 1.86. The highest BCUT2D eigenvalue weighted by Gasteiger charge is 2.09. The van der Waals surface area contributed by atoms with Crippen LogP contribution in [0.3, 0.4) is 0 Å². The van der Waals surface area contributed by atoms with E-state index in [1.807, 2.05) is 12.1 Å². The second kappa shape index (κ2) is 6.71. The lowest BCUT2D eigenvalue weighted by Gasteiger charge is -2.17. The molecule has 0 aliphatic carbocycles. The maximum absolute atomic E-state index is 5.91. The van der Waals surface area contributed by atoms with Gasteiger partial charge in [-0.15, -0.1) is 11.3 Å². The first-order chi connectivity index (χ1) is 8.69. The smallest absolute Gasteiger partial charge is 0.0406 e. The number of thiophene rings is 1. The molecule has 0 spiro atoms. The summed E-state index contributed by atoms with van der Waals surface area (Å²) < 4.78 is 1.16. The Balaban J connectivity index is 1.99. The van der Waals surface area contributed by atoms with Gasteiger partial charge in [0, 0.05) is 32.3 Å². The predicted molar refractivity (Wildman–Crippen MR) is 83.3 cm³/mol. The number of nitrogens with one attached hydrogen (secondary N) is 1. The highest BCUT2D eigenvalue weighted by Crippen LogP contribution is 2.22. The van der Waals surface area contributed by atoms with Crippen LogP contribution in [0.4, 0.5) is 0 Å². The minimum absolute atomic E-state index is 0.378. The van der Waals surface area contributed by atoms with Crippen molar-refractivity contribution in [1.29, 1.82) is 0 Å². The Labute approximate surface area is 125 Å². The van der Waals surface area contributed by atoms with Crippen molar-refractivity contribution >= 4 is 38.9 Å². The highest BCUT2D eigenvalue weighted by atomic mass is 79.9. The summed E-state index contributed by atoms with van der Waals surface area (Å²) in [5.74, 6) is 0. The second-order valence-corrected chi connectivity index (χ2v) is 6.47. The molecule has 1 nitrogen and oxygen atoms in total. The largest absolute Gasteiger partial charge is 0.305 e. The predicted octanol–water partition coefficient (Wildman–Crippen LogP) is 5.40. The summed E-state index contributed by atoms with van der Waals surface area (Å²) >= 11 is 11.2. The van der Waals surface area contributed by atoms with Gasteiger partial charge in [0.1, 0.15) is 0 Å². The normalized spacial score (nSPS) is 12.6. The first-order valence-electron chi connectivity index (χ1n) is 5.90. The molecule has 0 aliphatic rings. The number of hydrogen-bond donors (Lipinski definition) is 1. The monoisotopic (exact) mass is 343 g/mol. The quantitative estimate of drug-likeness (QED) is 0.765. The zero-order chi connectivity index (χ0) is 13.0. The fraction of sp³-hybridized carbons (Fsp3) is 0.286. The lowest BCUT2D eigenvalue weighted by Crippen LogP contribution is -2.19. The minimum atomic E-state index is 0.378. The van der Waals surface area contributed by atoms with Crippen molar-refractivity contribution in [3.63, 3.8) is 0 Å². The molecule has 0 saturated carbocycles. The van der Waals surface area contributed by atoms with Gasteiger partial charge in [0.15, 0.2) is 0 Å². The molecule has 1 aromatic heterocycles. The van der Waals surface area contributed by atoms with E-state index in [-0.39, 0.29) is 0 Å². The van der Waals surface area contributed by atoms with E-state index in [1.54, 1.807) is 11.3 Å². The summed E-state index contributed by atoms with van der Waals surface area (Å²) in [6, 6.07) is 10.6. The molecule has 1 heterocycles. The molecule has 2 aromatic rings. The summed E-state index contributed by atoms with van der Waals surface area (Å²) in [4.78, 5) is 1.34. The van der Waals surface area contributed by atoms with Gasteiger partial charge in [-0.05, 0) is 46.1 Å². The lowest BCUT2D eigenvalue weighted by molar-refractivity contribution is 0.522. The molecule has 0 fully saturated rings. The van der Waals surface area contributed by atoms with Crippen molar-refractivity contribution < 1.29 is 0 Å². The van der Waals surface area contributed by atoms with Crippen LogP contribution in [0.5, 0.6) is 0 Å². The van der Waals surface area contributed by atoms with E-state index in [9.17, 15) is 0 Å². The summed E-state index contributed by atoms with van der Waals surface area (Å²) in [7, 11) is 0. The van der Waals surface area contributed by atoms with Crippen molar-refractivity contribution in [2.45, 2.75) is 25.9 Å². The van der Waals surface area contributed by atoms with Gasteiger partial charge in [-0.25, -0.2) is 0 Å². The Bertz CT molecular complexity index is 495. The molecule has 0 aliphatic heterocycles. The maximum Gasteiger partial charge on any atom is 0.0406 e. The van der Waals surface area contributed by atoms with Crippen LogP contribution < -0.4 is 5.32 Å². The first kappa shape index (κ1) is 14.1. The number of hydrogen-bond acceptors (Lipinski definition) is 2. The average molecular weight is 345 g/mol. The number of benzene rings is 1. The van der Waals surface area contributed by atoms with Gasteiger partial charge in [-0.3, -0.25) is 0 Å². The van der Waals surface area contributed by atoms with Crippen LogP contribution in [0.2, 0.25) is 5.02 Å². The molecule has 0 radical (unpaired) electrons. The summed E-state index contributed by atoms with van der Waals surface area (Å²) in [6.45, 7) is 3.09. The molecular formula is C14H15BrClNS. The molecule has 1 aromatic carbocycles. The number of halogens is 2. The van der Waals surface area contributed by atoms with Gasteiger partial charge in [-0.2, -0.15) is 0 Å². The Morgan fingerprint density at radius 1 is 1.33 bits per heavy atom. The summed E-state index contributed by atoms with van der Waals surface area (Å²) in [5.41, 5.74) is 1.29. The summed E-state index contributed by atoms with van der Waals surface area (Å²) in [6.07, 6.45) is 1.06. The Morgan fingerprint density at radius 3 is 2.61 bits per heavy atom. The van der Waals surface area contributed by atoms with Crippen molar-refractivity contribution in [3.05, 3.63) is 55.6 Å². The van der Waals surface area contributed by atoms with E-state index in [0.717, 1.165) is 22.5 Å². The van der Waals surface area contributed by atoms with E-state index in [4.69, 9.17) is 11.6 Å². The van der Waals surface area contributed by atoms with Crippen LogP contribution in [0.1, 0.15) is 29.8 Å². The SMILES string of the molecule is CCC(NCc1cc(Br)cs1)c1ccc(Cl)cc1. The van der Waals surface area contributed by atoms with Gasteiger partial charge in [0.25, 0.3) is 0 Å². The summed E-state index contributed by atoms with van der Waals surface area (Å²) in [5, 5.41) is 6.48. The van der Waals surface area contributed by atoms with E-state index in [2.05, 4.69) is 51.7 Å². The molecular weight excluding hydrogens is 330 g/mol. The van der Waals surface area contributed by atoms with Crippen LogP contribution in [-0.2, 0) is 6.54 Å². The van der Waals surface area contributed by atoms with Crippen LogP contribution in [0, 0.1) is 0 Å². The highest BCUT2D eigenvalue weighted by molar-refractivity contribution is 9.10. The molecule has 4 heteroatoms. The third-order valence-corrected chi connectivity index (χ3v) is 4.77. The minimum Gasteiger partial charge on any atom is -0.305 e. The van der Waals surface area contributed by atoms with Crippen molar-refractivity contribution in [2.75, 3.05) is 0 Å². The van der Waals surface area contributed by atoms with E-state index in [1.165, 1.54) is 10.4 Å².